The van der Waals surface area contributed by atoms with Crippen molar-refractivity contribution in [2.75, 3.05) is 0 Å². The van der Waals surface area contributed by atoms with Crippen LogP contribution in [-0.2, 0) is 12.8 Å². The summed E-state index contributed by atoms with van der Waals surface area (Å²) in [5, 5.41) is 0. The van der Waals surface area contributed by atoms with Gasteiger partial charge in [-0.15, -0.1) is 0 Å². The fourth-order valence-electron chi connectivity index (χ4n) is 3.39. The lowest BCUT2D eigenvalue weighted by atomic mass is 9.98. The minimum Gasteiger partial charge on any atom is -0.207 e. The minimum atomic E-state index is -0.257. The van der Waals surface area contributed by atoms with Gasteiger partial charge in [0.1, 0.15) is 11.6 Å². The van der Waals surface area contributed by atoms with Crippen LogP contribution in [0.5, 0.6) is 0 Å². The van der Waals surface area contributed by atoms with Crippen LogP contribution in [0.2, 0.25) is 0 Å². The van der Waals surface area contributed by atoms with E-state index in [9.17, 15) is 8.78 Å². The molecule has 0 saturated carbocycles. The second-order valence-electron chi connectivity index (χ2n) is 7.20. The summed E-state index contributed by atoms with van der Waals surface area (Å²) in [5.74, 6) is -0.507. The summed E-state index contributed by atoms with van der Waals surface area (Å²) < 4.78 is 29.0. The Kier molecular flexibility index (Phi) is 5.85. The zero-order chi connectivity index (χ0) is 19.4. The lowest BCUT2D eigenvalue weighted by molar-refractivity contribution is 0.609. The van der Waals surface area contributed by atoms with Crippen LogP contribution in [0, 0.1) is 11.6 Å². The van der Waals surface area contributed by atoms with Gasteiger partial charge in [0.05, 0.1) is 0 Å². The van der Waals surface area contributed by atoms with Crippen molar-refractivity contribution < 1.29 is 8.78 Å². The molecule has 0 heterocycles. The van der Waals surface area contributed by atoms with Crippen molar-refractivity contribution in [1.29, 1.82) is 0 Å². The van der Waals surface area contributed by atoms with E-state index in [0.717, 1.165) is 28.7 Å². The van der Waals surface area contributed by atoms with Crippen LogP contribution in [0.3, 0.4) is 0 Å². The second-order valence-corrected chi connectivity index (χ2v) is 7.20. The van der Waals surface area contributed by atoms with Gasteiger partial charge in [0.25, 0.3) is 0 Å². The molecule has 0 N–H and O–H groups in total. The van der Waals surface area contributed by atoms with Gasteiger partial charge in [-0.05, 0) is 61.1 Å². The van der Waals surface area contributed by atoms with Crippen molar-refractivity contribution in [3.05, 3.63) is 112 Å². The van der Waals surface area contributed by atoms with Gasteiger partial charge in [0.15, 0.2) is 0 Å². The van der Waals surface area contributed by atoms with Crippen molar-refractivity contribution in [3.8, 4) is 0 Å². The average molecular weight is 362 g/mol. The molecule has 0 saturated heterocycles. The number of halogens is 2. The SMILES string of the molecule is C=C/C=C(/C)Cc1ccc(Cc2ccc(C3=CCC(C)=C3)c(F)c2)c(F)c1. The molecule has 1 aliphatic rings. The molecule has 0 spiro atoms. The zero-order valence-corrected chi connectivity index (χ0v) is 15.9. The summed E-state index contributed by atoms with van der Waals surface area (Å²) in [6, 6.07) is 10.5. The van der Waals surface area contributed by atoms with E-state index in [1.54, 1.807) is 24.3 Å². The van der Waals surface area contributed by atoms with Crippen LogP contribution in [-0.4, -0.2) is 0 Å². The first-order chi connectivity index (χ1) is 13.0. The standard InChI is InChI=1S/C25H24F2/c1-4-5-17(2)12-19-7-10-22(24(26)15-19)14-20-8-11-23(25(27)16-20)21-9-6-18(3)13-21/h4-5,7-11,13,15-16H,1,6,12,14H2,2-3H3/b17-5-. The molecule has 0 aliphatic heterocycles. The van der Waals surface area contributed by atoms with Gasteiger partial charge in [-0.3, -0.25) is 0 Å². The fourth-order valence-corrected chi connectivity index (χ4v) is 3.39. The molecule has 2 heteroatoms. The van der Waals surface area contributed by atoms with E-state index in [1.165, 1.54) is 11.6 Å². The van der Waals surface area contributed by atoms with Crippen LogP contribution in [0.25, 0.3) is 5.57 Å². The smallest absolute Gasteiger partial charge is 0.131 e. The molecule has 0 aromatic heterocycles. The first kappa shape index (κ1) is 19.0. The second kappa shape index (κ2) is 8.30. The van der Waals surface area contributed by atoms with Crippen molar-refractivity contribution in [3.63, 3.8) is 0 Å². The Morgan fingerprint density at radius 2 is 1.81 bits per heavy atom. The molecule has 0 bridgehead atoms. The van der Waals surface area contributed by atoms with Crippen LogP contribution < -0.4 is 0 Å². The van der Waals surface area contributed by atoms with E-state index in [1.807, 2.05) is 44.2 Å². The maximum absolute atomic E-state index is 14.5. The minimum absolute atomic E-state index is 0.250. The quantitative estimate of drug-likeness (QED) is 0.487. The molecule has 2 aromatic rings. The summed E-state index contributed by atoms with van der Waals surface area (Å²) in [6.45, 7) is 7.71. The molecule has 0 unspecified atom stereocenters. The van der Waals surface area contributed by atoms with E-state index < -0.39 is 0 Å². The Morgan fingerprint density at radius 1 is 1.07 bits per heavy atom. The van der Waals surface area contributed by atoms with Crippen LogP contribution >= 0.6 is 0 Å². The average Bonchev–Trinajstić information content (AvgIpc) is 3.04. The van der Waals surface area contributed by atoms with Crippen molar-refractivity contribution >= 4 is 5.57 Å². The lowest BCUT2D eigenvalue weighted by Crippen LogP contribution is -1.97. The van der Waals surface area contributed by atoms with Gasteiger partial charge in [0, 0.05) is 12.0 Å². The molecule has 2 aromatic carbocycles. The van der Waals surface area contributed by atoms with Crippen molar-refractivity contribution in [2.45, 2.75) is 33.1 Å². The topological polar surface area (TPSA) is 0 Å². The maximum Gasteiger partial charge on any atom is 0.131 e. The first-order valence-corrected chi connectivity index (χ1v) is 9.18. The van der Waals surface area contributed by atoms with E-state index in [-0.39, 0.29) is 11.6 Å². The number of rotatable bonds is 6. The molecule has 0 atom stereocenters. The molecule has 3 rings (SSSR count). The lowest BCUT2D eigenvalue weighted by Gasteiger charge is -2.09. The Hall–Kier alpha value is -2.74. The van der Waals surface area contributed by atoms with E-state index in [2.05, 4.69) is 6.58 Å². The Labute approximate surface area is 160 Å². The third-order valence-electron chi connectivity index (χ3n) is 4.79. The third-order valence-corrected chi connectivity index (χ3v) is 4.79. The normalized spacial score (nSPS) is 14.1. The van der Waals surface area contributed by atoms with E-state index in [0.29, 0.717) is 24.0 Å². The maximum atomic E-state index is 14.5. The van der Waals surface area contributed by atoms with Gasteiger partial charge in [-0.1, -0.05) is 66.3 Å². The summed E-state index contributed by atoms with van der Waals surface area (Å²) in [7, 11) is 0. The fraction of sp³-hybridized carbons (Fsp3) is 0.200. The van der Waals surface area contributed by atoms with Gasteiger partial charge < -0.3 is 0 Å². The van der Waals surface area contributed by atoms with Gasteiger partial charge in [-0.25, -0.2) is 8.78 Å². The molecule has 0 fully saturated rings. The third kappa shape index (κ3) is 4.71. The Bertz CT molecular complexity index is 958. The predicted octanol–water partition coefficient (Wildman–Crippen LogP) is 6.96. The van der Waals surface area contributed by atoms with Crippen molar-refractivity contribution in [1.82, 2.24) is 0 Å². The monoisotopic (exact) mass is 362 g/mol. The molecule has 138 valence electrons. The Morgan fingerprint density at radius 3 is 2.44 bits per heavy atom. The Balaban J connectivity index is 1.76. The highest BCUT2D eigenvalue weighted by Crippen LogP contribution is 2.28. The zero-order valence-electron chi connectivity index (χ0n) is 15.9. The predicted molar refractivity (Wildman–Crippen MR) is 110 cm³/mol. The summed E-state index contributed by atoms with van der Waals surface area (Å²) in [5.41, 5.74) is 6.15. The van der Waals surface area contributed by atoms with Crippen LogP contribution in [0.15, 0.2) is 78.4 Å². The van der Waals surface area contributed by atoms with E-state index >= 15 is 0 Å². The molecule has 0 radical (unpaired) electrons. The number of benzene rings is 2. The number of allylic oxidation sites excluding steroid dienone is 7. The highest BCUT2D eigenvalue weighted by Gasteiger charge is 2.12. The number of hydrogen-bond acceptors (Lipinski definition) is 0. The molecular formula is C25H24F2. The summed E-state index contributed by atoms with van der Waals surface area (Å²) in [4.78, 5) is 0. The highest BCUT2D eigenvalue weighted by atomic mass is 19.1. The molecule has 27 heavy (non-hydrogen) atoms. The summed E-state index contributed by atoms with van der Waals surface area (Å²) in [6.07, 6.45) is 9.64. The van der Waals surface area contributed by atoms with Gasteiger partial charge >= 0.3 is 0 Å². The molecular weight excluding hydrogens is 338 g/mol. The van der Waals surface area contributed by atoms with Gasteiger partial charge in [0.2, 0.25) is 0 Å². The van der Waals surface area contributed by atoms with Crippen molar-refractivity contribution in [2.24, 2.45) is 0 Å². The van der Waals surface area contributed by atoms with Crippen LogP contribution in [0.1, 0.15) is 42.5 Å². The molecule has 1 aliphatic carbocycles. The summed E-state index contributed by atoms with van der Waals surface area (Å²) >= 11 is 0. The molecule has 0 nitrogen and oxygen atoms in total. The van der Waals surface area contributed by atoms with Crippen LogP contribution in [0.4, 0.5) is 8.78 Å². The molecule has 0 amide bonds. The van der Waals surface area contributed by atoms with Gasteiger partial charge in [-0.2, -0.15) is 0 Å². The number of hydrogen-bond donors (Lipinski definition) is 0. The highest BCUT2D eigenvalue weighted by molar-refractivity contribution is 5.77. The largest absolute Gasteiger partial charge is 0.207 e. The first-order valence-electron chi connectivity index (χ1n) is 9.18. The van der Waals surface area contributed by atoms with E-state index in [4.69, 9.17) is 0 Å².